The first-order valence-corrected chi connectivity index (χ1v) is 7.12. The molecular weight excluding hydrogens is 250 g/mol. The molecule has 0 spiro atoms. The van der Waals surface area contributed by atoms with Crippen molar-refractivity contribution in [1.29, 1.82) is 0 Å². The molecule has 0 atom stereocenters. The summed E-state index contributed by atoms with van der Waals surface area (Å²) in [5.74, 6) is -0.170. The zero-order chi connectivity index (χ0) is 13.6. The summed E-state index contributed by atoms with van der Waals surface area (Å²) >= 11 is 1.57. The molecule has 1 rings (SSSR count). The molecule has 0 fully saturated rings. The fraction of sp³-hybridized carbons (Fsp3) is 0.692. The fourth-order valence-corrected chi connectivity index (χ4v) is 2.52. The van der Waals surface area contributed by atoms with Crippen LogP contribution in [0.4, 0.5) is 0 Å². The summed E-state index contributed by atoms with van der Waals surface area (Å²) in [6.45, 7) is 8.87. The van der Waals surface area contributed by atoms with Gasteiger partial charge in [-0.05, 0) is 27.7 Å². The number of ether oxygens (including phenoxy) is 2. The maximum atomic E-state index is 11.3. The quantitative estimate of drug-likeness (QED) is 0.715. The zero-order valence-corrected chi connectivity index (χ0v) is 12.3. The van der Waals surface area contributed by atoms with Gasteiger partial charge in [-0.25, -0.2) is 4.98 Å². The minimum absolute atomic E-state index is 0.170. The Kier molecular flexibility index (Phi) is 5.75. The van der Waals surface area contributed by atoms with E-state index in [0.29, 0.717) is 26.1 Å². The summed E-state index contributed by atoms with van der Waals surface area (Å²) in [4.78, 5) is 15.8. The molecule has 4 nitrogen and oxygen atoms in total. The minimum Gasteiger partial charge on any atom is -0.466 e. The summed E-state index contributed by atoms with van der Waals surface area (Å²) in [7, 11) is 0. The molecule has 102 valence electrons. The Morgan fingerprint density at radius 1 is 1.39 bits per heavy atom. The van der Waals surface area contributed by atoms with Crippen LogP contribution < -0.4 is 0 Å². The number of thiazole rings is 1. The van der Waals surface area contributed by atoms with Gasteiger partial charge in [0.05, 0.1) is 18.7 Å². The third-order valence-electron chi connectivity index (χ3n) is 2.46. The summed E-state index contributed by atoms with van der Waals surface area (Å²) in [6.07, 6.45) is 1.00. The van der Waals surface area contributed by atoms with E-state index in [0.717, 1.165) is 10.7 Å². The van der Waals surface area contributed by atoms with E-state index in [1.165, 1.54) is 0 Å². The zero-order valence-electron chi connectivity index (χ0n) is 11.5. The summed E-state index contributed by atoms with van der Waals surface area (Å²) in [6, 6.07) is 0. The number of aromatic nitrogens is 1. The van der Waals surface area contributed by atoms with Gasteiger partial charge in [0.25, 0.3) is 0 Å². The van der Waals surface area contributed by atoms with Gasteiger partial charge in [0, 0.05) is 18.4 Å². The summed E-state index contributed by atoms with van der Waals surface area (Å²) in [5, 5.41) is 2.93. The van der Waals surface area contributed by atoms with Crippen LogP contribution in [0.5, 0.6) is 0 Å². The number of carbonyl (C=O) groups excluding carboxylic acids is 1. The van der Waals surface area contributed by atoms with Crippen LogP contribution in [-0.4, -0.2) is 24.2 Å². The molecule has 0 radical (unpaired) electrons. The molecule has 0 aromatic carbocycles. The number of esters is 1. The molecule has 0 N–H and O–H groups in total. The molecule has 0 aliphatic carbocycles. The highest BCUT2D eigenvalue weighted by molar-refractivity contribution is 7.09. The van der Waals surface area contributed by atoms with E-state index < -0.39 is 0 Å². The highest BCUT2D eigenvalue weighted by atomic mass is 32.1. The van der Waals surface area contributed by atoms with Crippen LogP contribution in [0.3, 0.4) is 0 Å². The number of carbonyl (C=O) groups is 1. The van der Waals surface area contributed by atoms with Gasteiger partial charge in [-0.15, -0.1) is 11.3 Å². The van der Waals surface area contributed by atoms with Gasteiger partial charge in [-0.2, -0.15) is 0 Å². The van der Waals surface area contributed by atoms with Crippen LogP contribution in [0, 0.1) is 0 Å². The van der Waals surface area contributed by atoms with Gasteiger partial charge in [-0.3, -0.25) is 4.79 Å². The molecule has 1 aromatic rings. The number of nitrogens with zero attached hydrogens (tertiary/aromatic N) is 1. The molecule has 0 saturated carbocycles. The van der Waals surface area contributed by atoms with E-state index in [4.69, 9.17) is 9.47 Å². The van der Waals surface area contributed by atoms with E-state index in [1.54, 1.807) is 11.3 Å². The van der Waals surface area contributed by atoms with Crippen molar-refractivity contribution < 1.29 is 14.3 Å². The van der Waals surface area contributed by atoms with Gasteiger partial charge in [0.15, 0.2) is 0 Å². The second-order valence-corrected chi connectivity index (χ2v) is 5.25. The van der Waals surface area contributed by atoms with Crippen molar-refractivity contribution in [1.82, 2.24) is 4.98 Å². The lowest BCUT2D eigenvalue weighted by molar-refractivity contribution is -0.143. The standard InChI is InChI=1S/C13H21NO3S/c1-5-16-11(15)8-7-10-9-18-12(14-10)13(3,4)17-6-2/h9H,5-8H2,1-4H3. The Hall–Kier alpha value is -0.940. The Balaban J connectivity index is 2.55. The van der Waals surface area contributed by atoms with Gasteiger partial charge in [0.2, 0.25) is 0 Å². The number of hydrogen-bond donors (Lipinski definition) is 0. The van der Waals surface area contributed by atoms with Crippen molar-refractivity contribution in [3.05, 3.63) is 16.1 Å². The second kappa shape index (κ2) is 6.85. The normalized spacial score (nSPS) is 11.6. The summed E-state index contributed by atoms with van der Waals surface area (Å²) in [5.41, 5.74) is 0.567. The first kappa shape index (κ1) is 15.1. The smallest absolute Gasteiger partial charge is 0.306 e. The minimum atomic E-state index is -0.360. The van der Waals surface area contributed by atoms with Gasteiger partial charge in [-0.1, -0.05) is 0 Å². The van der Waals surface area contributed by atoms with Crippen LogP contribution in [0.1, 0.15) is 44.8 Å². The Morgan fingerprint density at radius 2 is 2.11 bits per heavy atom. The highest BCUT2D eigenvalue weighted by Gasteiger charge is 2.24. The topological polar surface area (TPSA) is 48.4 Å². The Bertz CT molecular complexity index is 387. The predicted octanol–water partition coefficient (Wildman–Crippen LogP) is 2.91. The maximum Gasteiger partial charge on any atom is 0.306 e. The van der Waals surface area contributed by atoms with Gasteiger partial charge >= 0.3 is 5.97 Å². The lowest BCUT2D eigenvalue weighted by Crippen LogP contribution is -2.21. The van der Waals surface area contributed by atoms with Crippen molar-refractivity contribution in [2.75, 3.05) is 13.2 Å². The van der Waals surface area contributed by atoms with Crippen molar-refractivity contribution in [2.24, 2.45) is 0 Å². The molecule has 5 heteroatoms. The lowest BCUT2D eigenvalue weighted by Gasteiger charge is -2.21. The average Bonchev–Trinajstić information content (AvgIpc) is 2.76. The van der Waals surface area contributed by atoms with Crippen LogP contribution in [0.15, 0.2) is 5.38 Å². The third-order valence-corrected chi connectivity index (χ3v) is 3.66. The third kappa shape index (κ3) is 4.38. The number of rotatable bonds is 7. The largest absolute Gasteiger partial charge is 0.466 e. The van der Waals surface area contributed by atoms with Crippen LogP contribution in [-0.2, 0) is 26.3 Å². The van der Waals surface area contributed by atoms with Crippen molar-refractivity contribution in [2.45, 2.75) is 46.1 Å². The first-order valence-electron chi connectivity index (χ1n) is 6.24. The summed E-state index contributed by atoms with van der Waals surface area (Å²) < 4.78 is 10.5. The van der Waals surface area contributed by atoms with Crippen molar-refractivity contribution in [3.8, 4) is 0 Å². The van der Waals surface area contributed by atoms with Crippen molar-refractivity contribution in [3.63, 3.8) is 0 Å². The lowest BCUT2D eigenvalue weighted by atomic mass is 10.1. The van der Waals surface area contributed by atoms with E-state index in [1.807, 2.05) is 33.1 Å². The van der Waals surface area contributed by atoms with Gasteiger partial charge < -0.3 is 9.47 Å². The van der Waals surface area contributed by atoms with E-state index >= 15 is 0 Å². The SMILES string of the molecule is CCOC(=O)CCc1csc(C(C)(C)OCC)n1. The molecule has 0 amide bonds. The van der Waals surface area contributed by atoms with Crippen LogP contribution in [0.2, 0.25) is 0 Å². The molecule has 0 aliphatic heterocycles. The monoisotopic (exact) mass is 271 g/mol. The maximum absolute atomic E-state index is 11.3. The van der Waals surface area contributed by atoms with E-state index in [2.05, 4.69) is 4.98 Å². The molecule has 18 heavy (non-hydrogen) atoms. The molecule has 1 heterocycles. The molecule has 0 aliphatic rings. The highest BCUT2D eigenvalue weighted by Crippen LogP contribution is 2.27. The second-order valence-electron chi connectivity index (χ2n) is 4.39. The Labute approximate surface area is 112 Å². The van der Waals surface area contributed by atoms with Crippen LogP contribution >= 0.6 is 11.3 Å². The van der Waals surface area contributed by atoms with Gasteiger partial charge in [0.1, 0.15) is 10.6 Å². The first-order chi connectivity index (χ1) is 8.49. The fourth-order valence-electron chi connectivity index (χ4n) is 1.58. The number of hydrogen-bond acceptors (Lipinski definition) is 5. The predicted molar refractivity (Wildman–Crippen MR) is 71.7 cm³/mol. The molecule has 0 unspecified atom stereocenters. The Morgan fingerprint density at radius 3 is 2.72 bits per heavy atom. The molecular formula is C13H21NO3S. The number of aryl methyl sites for hydroxylation is 1. The van der Waals surface area contributed by atoms with Crippen molar-refractivity contribution >= 4 is 17.3 Å². The van der Waals surface area contributed by atoms with Crippen LogP contribution in [0.25, 0.3) is 0 Å². The molecule has 0 bridgehead atoms. The van der Waals surface area contributed by atoms with E-state index in [-0.39, 0.29) is 11.6 Å². The molecule has 1 aromatic heterocycles. The van der Waals surface area contributed by atoms with E-state index in [9.17, 15) is 4.79 Å². The molecule has 0 saturated heterocycles. The average molecular weight is 271 g/mol.